The Morgan fingerprint density at radius 2 is 1.91 bits per heavy atom. The molecule has 0 unspecified atom stereocenters. The van der Waals surface area contributed by atoms with Gasteiger partial charge in [-0.1, -0.05) is 19.9 Å². The van der Waals surface area contributed by atoms with Gasteiger partial charge in [0.25, 0.3) is 0 Å². The minimum atomic E-state index is -0.121. The van der Waals surface area contributed by atoms with Crippen LogP contribution in [-0.2, 0) is 4.79 Å². The van der Waals surface area contributed by atoms with Crippen molar-refractivity contribution in [1.82, 2.24) is 35.1 Å². The van der Waals surface area contributed by atoms with E-state index in [2.05, 4.69) is 41.5 Å². The topological polar surface area (TPSA) is 125 Å². The van der Waals surface area contributed by atoms with Gasteiger partial charge in [-0.05, 0) is 23.6 Å². The molecule has 6 aromatic heterocycles. The summed E-state index contributed by atoms with van der Waals surface area (Å²) in [6, 6.07) is 7.96. The molecule has 0 atom stereocenters. The Balaban J connectivity index is 1.41. The van der Waals surface area contributed by atoms with Crippen LogP contribution in [0.15, 0.2) is 60.6 Å². The van der Waals surface area contributed by atoms with Gasteiger partial charge in [-0.3, -0.25) is 19.9 Å². The highest BCUT2D eigenvalue weighted by molar-refractivity contribution is 7.13. The summed E-state index contributed by atoms with van der Waals surface area (Å²) in [4.78, 5) is 34.6. The number of anilines is 1. The second kappa shape index (κ2) is 8.41. The van der Waals surface area contributed by atoms with Crippen LogP contribution in [0.1, 0.15) is 13.8 Å². The van der Waals surface area contributed by atoms with Gasteiger partial charge in [-0.2, -0.15) is 5.10 Å². The lowest BCUT2D eigenvalue weighted by atomic mass is 10.1. The molecule has 1 amide bonds. The van der Waals surface area contributed by atoms with Gasteiger partial charge in [0, 0.05) is 46.1 Å². The summed E-state index contributed by atoms with van der Waals surface area (Å²) in [5.74, 6) is 0.476. The lowest BCUT2D eigenvalue weighted by molar-refractivity contribution is -0.118. The number of fused-ring (bicyclic) bond motifs is 2. The second-order valence-corrected chi connectivity index (χ2v) is 9.39. The highest BCUT2D eigenvalue weighted by atomic mass is 32.1. The number of imidazole rings is 1. The maximum absolute atomic E-state index is 12.1. The van der Waals surface area contributed by atoms with Gasteiger partial charge >= 0.3 is 0 Å². The lowest BCUT2D eigenvalue weighted by Crippen LogP contribution is -2.17. The Bertz CT molecular complexity index is 1680. The summed E-state index contributed by atoms with van der Waals surface area (Å²) < 4.78 is 0. The molecule has 0 fully saturated rings. The highest BCUT2D eigenvalue weighted by Gasteiger charge is 2.17. The van der Waals surface area contributed by atoms with E-state index in [9.17, 15) is 4.79 Å². The Morgan fingerprint density at radius 1 is 1.06 bits per heavy atom. The van der Waals surface area contributed by atoms with Crippen molar-refractivity contribution in [3.63, 3.8) is 0 Å². The van der Waals surface area contributed by atoms with Crippen molar-refractivity contribution in [3.8, 4) is 33.1 Å². The van der Waals surface area contributed by atoms with Gasteiger partial charge in [-0.25, -0.2) is 9.97 Å². The van der Waals surface area contributed by atoms with Crippen molar-refractivity contribution < 1.29 is 4.79 Å². The first-order valence-electron chi connectivity index (χ1n) is 11.0. The zero-order valence-electron chi connectivity index (χ0n) is 18.9. The first-order chi connectivity index (χ1) is 17.1. The van der Waals surface area contributed by atoms with E-state index in [0.717, 1.165) is 43.7 Å². The monoisotopic (exact) mass is 480 g/mol. The normalized spacial score (nSPS) is 11.5. The van der Waals surface area contributed by atoms with Gasteiger partial charge in [0.1, 0.15) is 11.2 Å². The van der Waals surface area contributed by atoms with Crippen LogP contribution in [0.3, 0.4) is 0 Å². The third kappa shape index (κ3) is 3.83. The van der Waals surface area contributed by atoms with Crippen molar-refractivity contribution >= 4 is 45.0 Å². The zero-order valence-corrected chi connectivity index (χ0v) is 19.7. The van der Waals surface area contributed by atoms with Crippen LogP contribution in [0.5, 0.6) is 0 Å². The van der Waals surface area contributed by atoms with Crippen LogP contribution in [-0.4, -0.2) is 41.0 Å². The van der Waals surface area contributed by atoms with E-state index in [-0.39, 0.29) is 11.8 Å². The number of thiophene rings is 1. The number of nitrogens with zero attached hydrogens (tertiary/aromatic N) is 5. The number of H-pyrrole nitrogens is 2. The van der Waals surface area contributed by atoms with Gasteiger partial charge in [-0.15, -0.1) is 11.3 Å². The maximum atomic E-state index is 12.1. The Morgan fingerprint density at radius 3 is 2.74 bits per heavy atom. The molecule has 0 aliphatic heterocycles. The summed E-state index contributed by atoms with van der Waals surface area (Å²) in [6.45, 7) is 3.70. The molecule has 172 valence electrons. The van der Waals surface area contributed by atoms with E-state index in [1.165, 1.54) is 0 Å². The molecule has 0 saturated carbocycles. The minimum absolute atomic E-state index is 0.0593. The lowest BCUT2D eigenvalue weighted by Gasteiger charge is -2.09. The van der Waals surface area contributed by atoms with Crippen molar-refractivity contribution in [1.29, 1.82) is 0 Å². The minimum Gasteiger partial charge on any atom is -0.335 e. The fourth-order valence-corrected chi connectivity index (χ4v) is 4.59. The highest BCUT2D eigenvalue weighted by Crippen LogP contribution is 2.33. The number of hydrogen-bond acceptors (Lipinski definition) is 7. The number of pyridine rings is 3. The predicted molar refractivity (Wildman–Crippen MR) is 137 cm³/mol. The third-order valence-electron chi connectivity index (χ3n) is 5.69. The maximum Gasteiger partial charge on any atom is 0.226 e. The first-order valence-corrected chi connectivity index (χ1v) is 11.9. The van der Waals surface area contributed by atoms with E-state index in [1.54, 1.807) is 36.1 Å². The molecule has 0 radical (unpaired) electrons. The van der Waals surface area contributed by atoms with Crippen LogP contribution < -0.4 is 5.32 Å². The standard InChI is InChI=1S/C25H20N8OS/c1-13(2)25(34)29-16-6-14(8-26-10-16)15-7-17-22(32-33-23(17)28-9-15)24-30-19-12-27-11-18(21(19)31-24)20-4-3-5-35-20/h3-13H,1-2H3,(H,29,34)(H,30,31)(H,28,32,33). The summed E-state index contributed by atoms with van der Waals surface area (Å²) in [5.41, 5.74) is 6.32. The number of carbonyl (C=O) groups excluding carboxylic acids is 1. The van der Waals surface area contributed by atoms with Crippen LogP contribution in [0.25, 0.3) is 55.2 Å². The van der Waals surface area contributed by atoms with Crippen LogP contribution in [0.2, 0.25) is 0 Å². The molecule has 0 aliphatic carbocycles. The van der Waals surface area contributed by atoms with Gasteiger partial charge in [0.2, 0.25) is 5.91 Å². The van der Waals surface area contributed by atoms with Crippen LogP contribution in [0.4, 0.5) is 5.69 Å². The summed E-state index contributed by atoms with van der Waals surface area (Å²) >= 11 is 1.65. The van der Waals surface area contributed by atoms with Gasteiger partial charge in [0.05, 0.1) is 29.0 Å². The molecular formula is C25H20N8OS. The molecule has 0 saturated heterocycles. The number of aromatic amines is 2. The SMILES string of the molecule is CC(C)C(=O)Nc1cncc(-c2cnc3n[nH]c(-c4nc5c(-c6cccs6)cncc5[nH]4)c3c2)c1. The second-order valence-electron chi connectivity index (χ2n) is 8.45. The third-order valence-corrected chi connectivity index (χ3v) is 6.59. The molecule has 10 heteroatoms. The van der Waals surface area contributed by atoms with Gasteiger partial charge in [0.15, 0.2) is 11.5 Å². The average molecular weight is 481 g/mol. The number of amides is 1. The summed E-state index contributed by atoms with van der Waals surface area (Å²) in [6.07, 6.45) is 8.73. The molecule has 0 bridgehead atoms. The van der Waals surface area contributed by atoms with Crippen molar-refractivity contribution in [3.05, 3.63) is 60.6 Å². The summed E-state index contributed by atoms with van der Waals surface area (Å²) in [7, 11) is 0. The van der Waals surface area contributed by atoms with Crippen LogP contribution >= 0.6 is 11.3 Å². The quantitative estimate of drug-likeness (QED) is 0.308. The van der Waals surface area contributed by atoms with Crippen molar-refractivity contribution in [2.24, 2.45) is 5.92 Å². The van der Waals surface area contributed by atoms with E-state index >= 15 is 0 Å². The Labute approximate surface area is 203 Å². The van der Waals surface area contributed by atoms with E-state index in [1.807, 2.05) is 43.6 Å². The van der Waals surface area contributed by atoms with E-state index in [0.29, 0.717) is 17.2 Å². The molecular weight excluding hydrogens is 460 g/mol. The number of aromatic nitrogens is 7. The molecule has 0 aliphatic rings. The molecule has 3 N–H and O–H groups in total. The Kier molecular flexibility index (Phi) is 5.07. The molecule has 0 aromatic carbocycles. The zero-order chi connectivity index (χ0) is 23.9. The fourth-order valence-electron chi connectivity index (χ4n) is 3.85. The molecule has 6 rings (SSSR count). The summed E-state index contributed by atoms with van der Waals surface area (Å²) in [5, 5.41) is 13.2. The van der Waals surface area contributed by atoms with E-state index < -0.39 is 0 Å². The van der Waals surface area contributed by atoms with Gasteiger partial charge < -0.3 is 10.3 Å². The fraction of sp³-hybridized carbons (Fsp3) is 0.120. The predicted octanol–water partition coefficient (Wildman–Crippen LogP) is 5.28. The largest absolute Gasteiger partial charge is 0.335 e. The smallest absolute Gasteiger partial charge is 0.226 e. The van der Waals surface area contributed by atoms with Crippen LogP contribution in [0, 0.1) is 5.92 Å². The number of carbonyl (C=O) groups is 1. The van der Waals surface area contributed by atoms with E-state index in [4.69, 9.17) is 4.98 Å². The van der Waals surface area contributed by atoms with Crippen molar-refractivity contribution in [2.45, 2.75) is 13.8 Å². The molecule has 0 spiro atoms. The number of hydrogen-bond donors (Lipinski definition) is 3. The number of nitrogens with one attached hydrogen (secondary N) is 3. The molecule has 9 nitrogen and oxygen atoms in total. The Hall–Kier alpha value is -4.44. The van der Waals surface area contributed by atoms with Crippen molar-refractivity contribution in [2.75, 3.05) is 5.32 Å². The molecule has 6 heterocycles. The average Bonchev–Trinajstić information content (AvgIpc) is 3.62. The first kappa shape index (κ1) is 21.1. The number of rotatable bonds is 5. The molecule has 6 aromatic rings. The molecule has 35 heavy (non-hydrogen) atoms.